The number of benzene rings is 1. The van der Waals surface area contributed by atoms with Crippen molar-refractivity contribution in [2.75, 3.05) is 0 Å². The third kappa shape index (κ3) is 3.91. The number of aromatic hydroxyl groups is 1. The topological polar surface area (TPSA) is 74.6 Å². The van der Waals surface area contributed by atoms with Gasteiger partial charge in [-0.3, -0.25) is 4.79 Å². The SMILES string of the molecule is O=C(O)C(=O)Cc1ccc(O)cc1.[Na]. The summed E-state index contributed by atoms with van der Waals surface area (Å²) in [4.78, 5) is 20.9. The van der Waals surface area contributed by atoms with Crippen LogP contribution < -0.4 is 0 Å². The van der Waals surface area contributed by atoms with Crippen LogP contribution in [0.25, 0.3) is 0 Å². The van der Waals surface area contributed by atoms with E-state index < -0.39 is 11.8 Å². The standard InChI is InChI=1S/C9H8O4.Na/c10-7-3-1-6(2-4-7)5-8(11)9(12)13;/h1-4,10H,5H2,(H,12,13);. The Morgan fingerprint density at radius 1 is 1.14 bits per heavy atom. The molecule has 69 valence electrons. The van der Waals surface area contributed by atoms with Crippen LogP contribution >= 0.6 is 0 Å². The predicted molar refractivity (Wildman–Crippen MR) is 50.2 cm³/mol. The number of hydrogen-bond acceptors (Lipinski definition) is 3. The van der Waals surface area contributed by atoms with Crippen molar-refractivity contribution in [1.29, 1.82) is 0 Å². The van der Waals surface area contributed by atoms with Gasteiger partial charge in [0.05, 0.1) is 0 Å². The third-order valence-corrected chi connectivity index (χ3v) is 1.54. The van der Waals surface area contributed by atoms with E-state index in [0.717, 1.165) is 0 Å². The molecule has 14 heavy (non-hydrogen) atoms. The minimum absolute atomic E-state index is 0. The van der Waals surface area contributed by atoms with Gasteiger partial charge in [0.15, 0.2) is 0 Å². The van der Waals surface area contributed by atoms with Crippen molar-refractivity contribution in [1.82, 2.24) is 0 Å². The van der Waals surface area contributed by atoms with Crippen molar-refractivity contribution in [3.05, 3.63) is 29.8 Å². The van der Waals surface area contributed by atoms with Gasteiger partial charge < -0.3 is 10.2 Å². The van der Waals surface area contributed by atoms with Crippen LogP contribution in [-0.2, 0) is 16.0 Å². The minimum Gasteiger partial charge on any atom is -0.508 e. The summed E-state index contributed by atoms with van der Waals surface area (Å²) in [6.45, 7) is 0. The molecule has 1 rings (SSSR count). The molecule has 4 nitrogen and oxygen atoms in total. The zero-order valence-corrected chi connectivity index (χ0v) is 9.73. The van der Waals surface area contributed by atoms with Crippen molar-refractivity contribution in [2.24, 2.45) is 0 Å². The average molecular weight is 203 g/mol. The second-order valence-corrected chi connectivity index (χ2v) is 2.57. The van der Waals surface area contributed by atoms with Crippen LogP contribution in [0.4, 0.5) is 0 Å². The number of hydrogen-bond donors (Lipinski definition) is 2. The van der Waals surface area contributed by atoms with E-state index in [4.69, 9.17) is 10.2 Å². The van der Waals surface area contributed by atoms with E-state index >= 15 is 0 Å². The van der Waals surface area contributed by atoms with E-state index in [2.05, 4.69) is 0 Å². The van der Waals surface area contributed by atoms with Crippen LogP contribution in [0.15, 0.2) is 24.3 Å². The number of carboxylic acid groups (broad SMARTS) is 1. The van der Waals surface area contributed by atoms with Crippen LogP contribution in [0.1, 0.15) is 5.56 Å². The Labute approximate surface area is 103 Å². The number of phenolic OH excluding ortho intramolecular Hbond substituents is 1. The van der Waals surface area contributed by atoms with E-state index in [1.807, 2.05) is 0 Å². The Hall–Kier alpha value is -0.840. The number of rotatable bonds is 3. The fourth-order valence-electron chi connectivity index (χ4n) is 0.875. The number of carbonyl (C=O) groups is 2. The van der Waals surface area contributed by atoms with Crippen molar-refractivity contribution in [3.8, 4) is 5.75 Å². The normalized spacial score (nSPS) is 8.86. The number of carboxylic acids is 1. The molecule has 0 heterocycles. The summed E-state index contributed by atoms with van der Waals surface area (Å²) in [6.07, 6.45) is -0.143. The molecule has 1 aromatic carbocycles. The number of phenols is 1. The molecule has 0 unspecified atom stereocenters. The first-order valence-electron chi connectivity index (χ1n) is 3.63. The largest absolute Gasteiger partial charge is 0.508 e. The first-order valence-corrected chi connectivity index (χ1v) is 3.63. The molecule has 0 atom stereocenters. The maximum atomic E-state index is 10.7. The molecule has 5 heteroatoms. The molecule has 0 bridgehead atoms. The average Bonchev–Trinajstić information content (AvgIpc) is 2.08. The van der Waals surface area contributed by atoms with E-state index in [0.29, 0.717) is 5.56 Å². The third-order valence-electron chi connectivity index (χ3n) is 1.54. The van der Waals surface area contributed by atoms with Gasteiger partial charge in [-0.25, -0.2) is 4.79 Å². The Balaban J connectivity index is 0.00000169. The molecule has 0 saturated carbocycles. The van der Waals surface area contributed by atoms with Gasteiger partial charge in [0.2, 0.25) is 5.78 Å². The fourth-order valence-corrected chi connectivity index (χ4v) is 0.875. The summed E-state index contributed by atoms with van der Waals surface area (Å²) in [6, 6.07) is 5.83. The van der Waals surface area contributed by atoms with Gasteiger partial charge in [0.25, 0.3) is 0 Å². The molecule has 1 radical (unpaired) electrons. The van der Waals surface area contributed by atoms with E-state index in [9.17, 15) is 9.59 Å². The van der Waals surface area contributed by atoms with Crippen LogP contribution in [0.3, 0.4) is 0 Å². The van der Waals surface area contributed by atoms with Gasteiger partial charge in [-0.15, -0.1) is 0 Å². The maximum Gasteiger partial charge on any atom is 0.372 e. The van der Waals surface area contributed by atoms with Gasteiger partial charge in [-0.2, -0.15) is 0 Å². The Kier molecular flexibility index (Phi) is 5.45. The predicted octanol–water partition coefficient (Wildman–Crippen LogP) is 0.208. The molecule has 2 N–H and O–H groups in total. The van der Waals surface area contributed by atoms with Crippen LogP contribution in [0.2, 0.25) is 0 Å². The van der Waals surface area contributed by atoms with Crippen LogP contribution in [-0.4, -0.2) is 51.5 Å². The number of Topliss-reactive ketones (excluding diaryl/α,β-unsaturated/α-hetero) is 1. The van der Waals surface area contributed by atoms with E-state index in [1.54, 1.807) is 0 Å². The smallest absolute Gasteiger partial charge is 0.372 e. The Bertz CT molecular complexity index is 331. The van der Waals surface area contributed by atoms with Crippen molar-refractivity contribution in [3.63, 3.8) is 0 Å². The molecule has 0 aliphatic carbocycles. The van der Waals surface area contributed by atoms with E-state index in [-0.39, 0.29) is 41.7 Å². The summed E-state index contributed by atoms with van der Waals surface area (Å²) in [5.74, 6) is -2.20. The molecule has 0 aliphatic rings. The van der Waals surface area contributed by atoms with Gasteiger partial charge in [-0.1, -0.05) is 12.1 Å². The van der Waals surface area contributed by atoms with Gasteiger partial charge >= 0.3 is 5.97 Å². The molecular formula is C9H8NaO4. The first-order chi connectivity index (χ1) is 6.09. The number of aliphatic carboxylic acids is 1. The van der Waals surface area contributed by atoms with Gasteiger partial charge in [0, 0.05) is 36.0 Å². The fraction of sp³-hybridized carbons (Fsp3) is 0.111. The van der Waals surface area contributed by atoms with Crippen molar-refractivity contribution >= 4 is 41.3 Å². The monoisotopic (exact) mass is 203 g/mol. The Morgan fingerprint density at radius 3 is 2.07 bits per heavy atom. The van der Waals surface area contributed by atoms with Crippen molar-refractivity contribution in [2.45, 2.75) is 6.42 Å². The molecule has 0 amide bonds. The molecule has 0 aromatic heterocycles. The summed E-state index contributed by atoms with van der Waals surface area (Å²) < 4.78 is 0. The second-order valence-electron chi connectivity index (χ2n) is 2.57. The second kappa shape index (κ2) is 5.80. The van der Waals surface area contributed by atoms with Crippen LogP contribution in [0, 0.1) is 0 Å². The summed E-state index contributed by atoms with van der Waals surface area (Å²) in [5, 5.41) is 17.2. The molecule has 1 aromatic rings. The summed E-state index contributed by atoms with van der Waals surface area (Å²) >= 11 is 0. The Morgan fingerprint density at radius 2 is 1.64 bits per heavy atom. The van der Waals surface area contributed by atoms with Gasteiger partial charge in [-0.05, 0) is 17.7 Å². The molecule has 0 fully saturated rings. The van der Waals surface area contributed by atoms with Crippen molar-refractivity contribution < 1.29 is 19.8 Å². The molecule has 0 saturated heterocycles. The number of carbonyl (C=O) groups excluding carboxylic acids is 1. The quantitative estimate of drug-likeness (QED) is 0.543. The zero-order chi connectivity index (χ0) is 9.84. The molecule has 0 aliphatic heterocycles. The number of ketones is 1. The van der Waals surface area contributed by atoms with Crippen LogP contribution in [0.5, 0.6) is 5.75 Å². The summed E-state index contributed by atoms with van der Waals surface area (Å²) in [5.41, 5.74) is 0.574. The molecular weight excluding hydrogens is 195 g/mol. The minimum atomic E-state index is -1.44. The molecule has 0 spiro atoms. The zero-order valence-electron chi connectivity index (χ0n) is 7.73. The summed E-state index contributed by atoms with van der Waals surface area (Å²) in [7, 11) is 0. The van der Waals surface area contributed by atoms with E-state index in [1.165, 1.54) is 24.3 Å². The van der Waals surface area contributed by atoms with Gasteiger partial charge in [0.1, 0.15) is 5.75 Å². The maximum absolute atomic E-state index is 10.7. The first kappa shape index (κ1) is 13.2.